The highest BCUT2D eigenvalue weighted by Gasteiger charge is 2.29. The van der Waals surface area contributed by atoms with Gasteiger partial charge in [0, 0.05) is 13.0 Å². The number of alkyl halides is 3. The number of carbonyl (C=O) groups excluding carboxylic acids is 1. The van der Waals surface area contributed by atoms with E-state index in [4.69, 9.17) is 5.11 Å². The summed E-state index contributed by atoms with van der Waals surface area (Å²) in [5, 5.41) is 11.3. The fourth-order valence-electron chi connectivity index (χ4n) is 2.22. The normalized spacial score (nSPS) is 23.9. The molecule has 1 fully saturated rings. The van der Waals surface area contributed by atoms with Crippen LogP contribution in [0.3, 0.4) is 0 Å². The van der Waals surface area contributed by atoms with Crippen molar-refractivity contribution in [2.75, 3.05) is 6.54 Å². The number of carboxylic acids is 1. The number of hydrogen-bond donors (Lipinski definition) is 2. The average Bonchev–Trinajstić information content (AvgIpc) is 2.33. The third kappa shape index (κ3) is 6.45. The third-order valence-corrected chi connectivity index (χ3v) is 3.42. The average molecular weight is 281 g/mol. The van der Waals surface area contributed by atoms with Crippen molar-refractivity contribution in [2.24, 2.45) is 11.8 Å². The Hall–Kier alpha value is -1.27. The van der Waals surface area contributed by atoms with Crippen LogP contribution in [0.5, 0.6) is 0 Å². The van der Waals surface area contributed by atoms with Gasteiger partial charge in [-0.05, 0) is 31.6 Å². The molecule has 0 aliphatic heterocycles. The minimum absolute atomic E-state index is 0.172. The number of rotatable bonds is 5. The van der Waals surface area contributed by atoms with Gasteiger partial charge in [-0.2, -0.15) is 13.2 Å². The zero-order valence-corrected chi connectivity index (χ0v) is 10.5. The lowest BCUT2D eigenvalue weighted by Gasteiger charge is -2.26. The van der Waals surface area contributed by atoms with E-state index in [1.807, 2.05) is 0 Å². The van der Waals surface area contributed by atoms with E-state index in [9.17, 15) is 22.8 Å². The van der Waals surface area contributed by atoms with E-state index >= 15 is 0 Å². The molecular formula is C12H18F3NO3. The smallest absolute Gasteiger partial charge is 0.389 e. The number of carboxylic acid groups (broad SMARTS) is 1. The first-order chi connectivity index (χ1) is 8.78. The standard InChI is InChI=1S/C12H18F3NO3/c13-12(14,15)6-5-10(17)16-7-8-1-3-9(4-2-8)11(18)19/h8-9H,1-7H2,(H,16,17)(H,18,19). The van der Waals surface area contributed by atoms with Gasteiger partial charge in [0.05, 0.1) is 12.3 Å². The molecule has 0 radical (unpaired) electrons. The molecule has 7 heteroatoms. The Morgan fingerprint density at radius 1 is 1.16 bits per heavy atom. The van der Waals surface area contributed by atoms with E-state index in [0.29, 0.717) is 32.2 Å². The highest BCUT2D eigenvalue weighted by Crippen LogP contribution is 2.28. The molecule has 0 aromatic heterocycles. The molecular weight excluding hydrogens is 263 g/mol. The second kappa shape index (κ2) is 6.77. The monoisotopic (exact) mass is 281 g/mol. The molecule has 0 heterocycles. The van der Waals surface area contributed by atoms with Crippen LogP contribution < -0.4 is 5.32 Å². The van der Waals surface area contributed by atoms with Crippen LogP contribution in [0.4, 0.5) is 13.2 Å². The first-order valence-electron chi connectivity index (χ1n) is 6.34. The number of amides is 1. The van der Waals surface area contributed by atoms with Crippen LogP contribution in [0, 0.1) is 11.8 Å². The maximum Gasteiger partial charge on any atom is 0.389 e. The maximum absolute atomic E-state index is 11.9. The second-order valence-electron chi connectivity index (χ2n) is 4.98. The van der Waals surface area contributed by atoms with Crippen LogP contribution in [-0.4, -0.2) is 29.7 Å². The van der Waals surface area contributed by atoms with Gasteiger partial charge < -0.3 is 10.4 Å². The lowest BCUT2D eigenvalue weighted by atomic mass is 9.82. The number of carbonyl (C=O) groups is 2. The first kappa shape index (κ1) is 15.8. The van der Waals surface area contributed by atoms with Crippen LogP contribution in [0.15, 0.2) is 0 Å². The summed E-state index contributed by atoms with van der Waals surface area (Å²) in [6, 6.07) is 0. The van der Waals surface area contributed by atoms with E-state index in [1.165, 1.54) is 0 Å². The van der Waals surface area contributed by atoms with Gasteiger partial charge in [-0.15, -0.1) is 0 Å². The van der Waals surface area contributed by atoms with Crippen molar-refractivity contribution >= 4 is 11.9 Å². The van der Waals surface area contributed by atoms with Crippen molar-refractivity contribution in [2.45, 2.75) is 44.7 Å². The van der Waals surface area contributed by atoms with Crippen molar-refractivity contribution in [3.63, 3.8) is 0 Å². The molecule has 0 saturated heterocycles. The van der Waals surface area contributed by atoms with E-state index in [1.54, 1.807) is 0 Å². The third-order valence-electron chi connectivity index (χ3n) is 3.42. The molecule has 19 heavy (non-hydrogen) atoms. The Labute approximate surface area is 109 Å². The van der Waals surface area contributed by atoms with Crippen molar-refractivity contribution < 1.29 is 27.9 Å². The molecule has 1 aliphatic carbocycles. The molecule has 1 rings (SSSR count). The zero-order chi connectivity index (χ0) is 14.5. The van der Waals surface area contributed by atoms with Gasteiger partial charge in [0.1, 0.15) is 0 Å². The number of nitrogens with one attached hydrogen (secondary N) is 1. The van der Waals surface area contributed by atoms with E-state index in [2.05, 4.69) is 5.32 Å². The molecule has 0 aromatic carbocycles. The SMILES string of the molecule is O=C(CCC(F)(F)F)NCC1CCC(C(=O)O)CC1. The lowest BCUT2D eigenvalue weighted by Crippen LogP contribution is -2.32. The first-order valence-corrected chi connectivity index (χ1v) is 6.34. The Bertz CT molecular complexity index is 323. The summed E-state index contributed by atoms with van der Waals surface area (Å²) in [5.74, 6) is -1.55. The van der Waals surface area contributed by atoms with Gasteiger partial charge in [-0.25, -0.2) is 0 Å². The largest absolute Gasteiger partial charge is 0.481 e. The molecule has 1 amide bonds. The molecule has 0 bridgehead atoms. The molecule has 1 aliphatic rings. The Balaban J connectivity index is 2.17. The van der Waals surface area contributed by atoms with Crippen molar-refractivity contribution in [1.29, 1.82) is 0 Å². The van der Waals surface area contributed by atoms with E-state index < -0.39 is 30.9 Å². The van der Waals surface area contributed by atoms with Gasteiger partial charge in [0.2, 0.25) is 5.91 Å². The molecule has 1 saturated carbocycles. The zero-order valence-electron chi connectivity index (χ0n) is 10.5. The molecule has 2 N–H and O–H groups in total. The Morgan fingerprint density at radius 2 is 1.74 bits per heavy atom. The fourth-order valence-corrected chi connectivity index (χ4v) is 2.22. The predicted octanol–water partition coefficient (Wildman–Crippen LogP) is 2.34. The predicted molar refractivity (Wildman–Crippen MR) is 61.4 cm³/mol. The molecule has 0 aromatic rings. The fraction of sp³-hybridized carbons (Fsp3) is 0.833. The topological polar surface area (TPSA) is 66.4 Å². The van der Waals surface area contributed by atoms with Gasteiger partial charge in [0.25, 0.3) is 0 Å². The summed E-state index contributed by atoms with van der Waals surface area (Å²) in [4.78, 5) is 21.9. The van der Waals surface area contributed by atoms with Crippen LogP contribution in [0.2, 0.25) is 0 Å². The Morgan fingerprint density at radius 3 is 2.21 bits per heavy atom. The van der Waals surface area contributed by atoms with E-state index in [0.717, 1.165) is 0 Å². The van der Waals surface area contributed by atoms with Crippen molar-refractivity contribution in [1.82, 2.24) is 5.32 Å². The number of hydrogen-bond acceptors (Lipinski definition) is 2. The number of aliphatic carboxylic acids is 1. The lowest BCUT2D eigenvalue weighted by molar-refractivity contribution is -0.144. The molecule has 4 nitrogen and oxygen atoms in total. The number of halogens is 3. The summed E-state index contributed by atoms with van der Waals surface area (Å²) in [5.41, 5.74) is 0. The maximum atomic E-state index is 11.9. The van der Waals surface area contributed by atoms with Gasteiger partial charge in [-0.3, -0.25) is 9.59 Å². The van der Waals surface area contributed by atoms with Gasteiger partial charge >= 0.3 is 12.1 Å². The van der Waals surface area contributed by atoms with Crippen LogP contribution >= 0.6 is 0 Å². The molecule has 0 atom stereocenters. The highest BCUT2D eigenvalue weighted by molar-refractivity contribution is 5.75. The van der Waals surface area contributed by atoms with Crippen LogP contribution in [0.25, 0.3) is 0 Å². The van der Waals surface area contributed by atoms with Crippen LogP contribution in [0.1, 0.15) is 38.5 Å². The molecule has 0 spiro atoms. The Kier molecular flexibility index (Phi) is 5.62. The summed E-state index contributed by atoms with van der Waals surface area (Å²) in [6.07, 6.45) is -3.45. The quantitative estimate of drug-likeness (QED) is 0.812. The highest BCUT2D eigenvalue weighted by atomic mass is 19.4. The molecule has 0 unspecified atom stereocenters. The van der Waals surface area contributed by atoms with Crippen molar-refractivity contribution in [3.05, 3.63) is 0 Å². The summed E-state index contributed by atoms with van der Waals surface area (Å²) < 4.78 is 35.7. The van der Waals surface area contributed by atoms with Gasteiger partial charge in [0.15, 0.2) is 0 Å². The van der Waals surface area contributed by atoms with E-state index in [-0.39, 0.29) is 11.8 Å². The van der Waals surface area contributed by atoms with Crippen LogP contribution in [-0.2, 0) is 9.59 Å². The minimum Gasteiger partial charge on any atom is -0.481 e. The second-order valence-corrected chi connectivity index (χ2v) is 4.98. The van der Waals surface area contributed by atoms with Crippen molar-refractivity contribution in [3.8, 4) is 0 Å². The summed E-state index contributed by atoms with van der Waals surface area (Å²) in [6.45, 7) is 0.336. The summed E-state index contributed by atoms with van der Waals surface area (Å²) >= 11 is 0. The molecule has 110 valence electrons. The summed E-state index contributed by atoms with van der Waals surface area (Å²) in [7, 11) is 0. The van der Waals surface area contributed by atoms with Gasteiger partial charge in [-0.1, -0.05) is 0 Å². The minimum atomic E-state index is -4.31.